The number of nitrogens with zero attached hydrogens (tertiary/aromatic N) is 1. The summed E-state index contributed by atoms with van der Waals surface area (Å²) in [6.07, 6.45) is 4.22. The molecule has 0 radical (unpaired) electrons. The van der Waals surface area contributed by atoms with Gasteiger partial charge in [0.2, 0.25) is 0 Å². The maximum atomic E-state index is 11.8. The van der Waals surface area contributed by atoms with E-state index in [2.05, 4.69) is 11.9 Å². The third-order valence-electron chi connectivity index (χ3n) is 2.67. The van der Waals surface area contributed by atoms with E-state index in [9.17, 15) is 4.79 Å². The van der Waals surface area contributed by atoms with Gasteiger partial charge in [0.1, 0.15) is 6.04 Å². The van der Waals surface area contributed by atoms with Gasteiger partial charge in [-0.1, -0.05) is 44.0 Å². The van der Waals surface area contributed by atoms with Crippen LogP contribution in [0.2, 0.25) is 5.02 Å². The van der Waals surface area contributed by atoms with Gasteiger partial charge >= 0.3 is 5.97 Å². The highest BCUT2D eigenvalue weighted by Gasteiger charge is 2.15. The molecule has 0 bridgehead atoms. The summed E-state index contributed by atoms with van der Waals surface area (Å²) in [5, 5.41) is 0.683. The van der Waals surface area contributed by atoms with E-state index in [-0.39, 0.29) is 5.97 Å². The molecule has 0 aromatic heterocycles. The van der Waals surface area contributed by atoms with Crippen LogP contribution in [-0.2, 0) is 9.53 Å². The summed E-state index contributed by atoms with van der Waals surface area (Å²) in [4.78, 5) is 16.0. The summed E-state index contributed by atoms with van der Waals surface area (Å²) >= 11 is 5.80. The van der Waals surface area contributed by atoms with Crippen LogP contribution in [0.5, 0.6) is 0 Å². The number of ether oxygens (including phenoxy) is 1. The number of aliphatic imine (C=N–C) groups is 1. The fourth-order valence-corrected chi connectivity index (χ4v) is 1.60. The predicted molar refractivity (Wildman–Crippen MR) is 79.0 cm³/mol. The number of carbonyl (C=O) groups is 1. The first kappa shape index (κ1) is 15.7. The van der Waals surface area contributed by atoms with Gasteiger partial charge in [-0.15, -0.1) is 0 Å². The standard InChI is InChI=1S/C15H20ClNO2/c1-3-5-10-19-15(18)14(4-2)17-11-12-6-8-13(16)9-7-12/h6-9,11,14H,3-5,10H2,1-2H3. The lowest BCUT2D eigenvalue weighted by molar-refractivity contribution is -0.145. The van der Waals surface area contributed by atoms with Gasteiger partial charge in [0.05, 0.1) is 6.61 Å². The zero-order valence-electron chi connectivity index (χ0n) is 11.4. The van der Waals surface area contributed by atoms with Crippen LogP contribution in [0.4, 0.5) is 0 Å². The highest BCUT2D eigenvalue weighted by Crippen LogP contribution is 2.09. The number of rotatable bonds is 7. The molecule has 0 fully saturated rings. The molecule has 0 aliphatic heterocycles. The van der Waals surface area contributed by atoms with E-state index in [0.717, 1.165) is 18.4 Å². The summed E-state index contributed by atoms with van der Waals surface area (Å²) in [6.45, 7) is 4.46. The second-order valence-corrected chi connectivity index (χ2v) is 4.71. The number of carbonyl (C=O) groups excluding carboxylic acids is 1. The van der Waals surface area contributed by atoms with E-state index < -0.39 is 6.04 Å². The Kier molecular flexibility index (Phi) is 7.19. The third kappa shape index (κ3) is 5.88. The third-order valence-corrected chi connectivity index (χ3v) is 2.93. The molecule has 1 atom stereocenters. The number of halogens is 1. The molecule has 1 rings (SSSR count). The van der Waals surface area contributed by atoms with Gasteiger partial charge in [-0.05, 0) is 30.5 Å². The number of hydrogen-bond donors (Lipinski definition) is 0. The molecule has 1 aromatic rings. The van der Waals surface area contributed by atoms with Gasteiger partial charge in [-0.2, -0.15) is 0 Å². The second kappa shape index (κ2) is 8.70. The lowest BCUT2D eigenvalue weighted by atomic mass is 10.2. The Balaban J connectivity index is 2.55. The molecule has 0 saturated heterocycles. The summed E-state index contributed by atoms with van der Waals surface area (Å²) < 4.78 is 5.17. The van der Waals surface area contributed by atoms with Gasteiger partial charge in [0.25, 0.3) is 0 Å². The summed E-state index contributed by atoms with van der Waals surface area (Å²) in [7, 11) is 0. The van der Waals surface area contributed by atoms with Crippen molar-refractivity contribution >= 4 is 23.8 Å². The Morgan fingerprint density at radius 1 is 1.37 bits per heavy atom. The van der Waals surface area contributed by atoms with Gasteiger partial charge in [0.15, 0.2) is 0 Å². The number of esters is 1. The van der Waals surface area contributed by atoms with Crippen molar-refractivity contribution in [2.75, 3.05) is 6.61 Å². The number of hydrogen-bond acceptors (Lipinski definition) is 3. The van der Waals surface area contributed by atoms with Crippen LogP contribution in [0.1, 0.15) is 38.7 Å². The van der Waals surface area contributed by atoms with E-state index in [1.54, 1.807) is 18.3 Å². The molecule has 19 heavy (non-hydrogen) atoms. The van der Waals surface area contributed by atoms with Crippen molar-refractivity contribution in [2.45, 2.75) is 39.2 Å². The fraction of sp³-hybridized carbons (Fsp3) is 0.467. The number of unbranched alkanes of at least 4 members (excludes halogenated alkanes) is 1. The summed E-state index contributed by atoms with van der Waals surface area (Å²) in [5.41, 5.74) is 0.921. The minimum atomic E-state index is -0.424. The van der Waals surface area contributed by atoms with Gasteiger partial charge in [0, 0.05) is 11.2 Å². The minimum Gasteiger partial charge on any atom is -0.464 e. The fourth-order valence-electron chi connectivity index (χ4n) is 1.47. The first-order valence-corrected chi connectivity index (χ1v) is 7.00. The molecular formula is C15H20ClNO2. The average molecular weight is 282 g/mol. The van der Waals surface area contributed by atoms with Gasteiger partial charge in [-0.3, -0.25) is 4.99 Å². The molecule has 0 spiro atoms. The topological polar surface area (TPSA) is 38.7 Å². The van der Waals surface area contributed by atoms with Crippen molar-refractivity contribution in [2.24, 2.45) is 4.99 Å². The summed E-state index contributed by atoms with van der Waals surface area (Å²) in [5.74, 6) is -0.249. The van der Waals surface area contributed by atoms with Gasteiger partial charge < -0.3 is 4.74 Å². The van der Waals surface area contributed by atoms with Crippen molar-refractivity contribution in [3.05, 3.63) is 34.9 Å². The van der Waals surface area contributed by atoms with E-state index in [4.69, 9.17) is 16.3 Å². The molecule has 104 valence electrons. The SMILES string of the molecule is CCCCOC(=O)C(CC)N=Cc1ccc(Cl)cc1. The molecular weight excluding hydrogens is 262 g/mol. The van der Waals surface area contributed by atoms with Crippen LogP contribution < -0.4 is 0 Å². The molecule has 0 aliphatic rings. The molecule has 0 N–H and O–H groups in total. The maximum absolute atomic E-state index is 11.8. The average Bonchev–Trinajstić information content (AvgIpc) is 2.42. The van der Waals surface area contributed by atoms with Crippen molar-refractivity contribution < 1.29 is 9.53 Å². The number of benzene rings is 1. The van der Waals surface area contributed by atoms with Crippen LogP contribution in [-0.4, -0.2) is 24.8 Å². The maximum Gasteiger partial charge on any atom is 0.330 e. The quantitative estimate of drug-likeness (QED) is 0.432. The van der Waals surface area contributed by atoms with Crippen LogP contribution in [0.25, 0.3) is 0 Å². The Hall–Kier alpha value is -1.35. The van der Waals surface area contributed by atoms with E-state index in [1.807, 2.05) is 19.1 Å². The Morgan fingerprint density at radius 2 is 2.05 bits per heavy atom. The van der Waals surface area contributed by atoms with E-state index >= 15 is 0 Å². The Bertz CT molecular complexity index is 415. The van der Waals surface area contributed by atoms with Crippen molar-refractivity contribution in [3.63, 3.8) is 0 Å². The molecule has 3 nitrogen and oxygen atoms in total. The Morgan fingerprint density at radius 3 is 2.63 bits per heavy atom. The minimum absolute atomic E-state index is 0.249. The predicted octanol–water partition coefficient (Wildman–Crippen LogP) is 3.88. The molecule has 1 unspecified atom stereocenters. The highest BCUT2D eigenvalue weighted by molar-refractivity contribution is 6.30. The van der Waals surface area contributed by atoms with Crippen molar-refractivity contribution in [1.29, 1.82) is 0 Å². The molecule has 0 heterocycles. The lowest BCUT2D eigenvalue weighted by Gasteiger charge is -2.09. The van der Waals surface area contributed by atoms with E-state index in [0.29, 0.717) is 18.1 Å². The monoisotopic (exact) mass is 281 g/mol. The molecule has 4 heteroatoms. The first-order chi connectivity index (χ1) is 9.17. The second-order valence-electron chi connectivity index (χ2n) is 4.27. The van der Waals surface area contributed by atoms with Crippen molar-refractivity contribution in [1.82, 2.24) is 0 Å². The first-order valence-electron chi connectivity index (χ1n) is 6.62. The largest absolute Gasteiger partial charge is 0.464 e. The van der Waals surface area contributed by atoms with E-state index in [1.165, 1.54) is 0 Å². The highest BCUT2D eigenvalue weighted by atomic mass is 35.5. The van der Waals surface area contributed by atoms with Crippen molar-refractivity contribution in [3.8, 4) is 0 Å². The lowest BCUT2D eigenvalue weighted by Crippen LogP contribution is -2.21. The molecule has 0 saturated carbocycles. The molecule has 0 aliphatic carbocycles. The molecule has 0 amide bonds. The molecule has 1 aromatic carbocycles. The normalized spacial score (nSPS) is 12.6. The zero-order valence-corrected chi connectivity index (χ0v) is 12.2. The van der Waals surface area contributed by atoms with Crippen LogP contribution in [0, 0.1) is 0 Å². The zero-order chi connectivity index (χ0) is 14.1. The Labute approximate surface area is 119 Å². The van der Waals surface area contributed by atoms with Gasteiger partial charge in [-0.25, -0.2) is 4.79 Å². The van der Waals surface area contributed by atoms with Crippen LogP contribution in [0.3, 0.4) is 0 Å². The summed E-state index contributed by atoms with van der Waals surface area (Å²) in [6, 6.07) is 6.89. The smallest absolute Gasteiger partial charge is 0.330 e. The van der Waals surface area contributed by atoms with Crippen LogP contribution >= 0.6 is 11.6 Å². The van der Waals surface area contributed by atoms with Crippen LogP contribution in [0.15, 0.2) is 29.3 Å².